The fourth-order valence-electron chi connectivity index (χ4n) is 9.08. The summed E-state index contributed by atoms with van der Waals surface area (Å²) in [5.74, 6) is 2.94. The molecular formula is C34H37NO. The number of hydrogen-bond donors (Lipinski definition) is 1. The van der Waals surface area contributed by atoms with Crippen LogP contribution >= 0.6 is 0 Å². The molecule has 0 unspecified atom stereocenters. The van der Waals surface area contributed by atoms with E-state index in [0.717, 1.165) is 43.6 Å². The zero-order valence-corrected chi connectivity index (χ0v) is 21.2. The first-order chi connectivity index (χ1) is 17.7. The molecule has 0 aromatic heterocycles. The Labute approximate surface area is 215 Å². The van der Waals surface area contributed by atoms with Crippen LogP contribution in [-0.4, -0.2) is 12.5 Å². The third-order valence-corrected chi connectivity index (χ3v) is 10.1. The molecule has 0 aliphatic heterocycles. The summed E-state index contributed by atoms with van der Waals surface area (Å²) in [6.45, 7) is 0.861. The maximum absolute atomic E-state index is 14.5. The molecule has 4 saturated carbocycles. The van der Waals surface area contributed by atoms with Gasteiger partial charge >= 0.3 is 0 Å². The molecular weight excluding hydrogens is 438 g/mol. The molecule has 36 heavy (non-hydrogen) atoms. The number of amides is 1. The largest absolute Gasteiger partial charge is 0.354 e. The highest BCUT2D eigenvalue weighted by Gasteiger charge is 2.53. The molecule has 0 saturated heterocycles. The van der Waals surface area contributed by atoms with Crippen molar-refractivity contribution in [1.82, 2.24) is 5.32 Å². The second-order valence-corrected chi connectivity index (χ2v) is 12.4. The van der Waals surface area contributed by atoms with Crippen LogP contribution in [0.1, 0.15) is 68.1 Å². The summed E-state index contributed by atoms with van der Waals surface area (Å²) < 4.78 is 0. The second kappa shape index (κ2) is 8.61. The average Bonchev–Trinajstić information content (AvgIpc) is 3.18. The molecule has 3 aromatic carbocycles. The van der Waals surface area contributed by atoms with Crippen LogP contribution in [0.3, 0.4) is 0 Å². The smallest absolute Gasteiger partial charge is 0.235 e. The van der Waals surface area contributed by atoms with Crippen molar-refractivity contribution in [2.45, 2.75) is 63.2 Å². The SMILES string of the molecule is O=C(NCC12CC3CC(CC(C3)C1)C2)C1(CCCc2ccccc2)c2ccccc2-c2ccccc21. The highest BCUT2D eigenvalue weighted by molar-refractivity contribution is 6.00. The van der Waals surface area contributed by atoms with Gasteiger partial charge in [-0.05, 0) is 109 Å². The first-order valence-corrected chi connectivity index (χ1v) is 14.2. The first-order valence-electron chi connectivity index (χ1n) is 14.2. The van der Waals surface area contributed by atoms with Gasteiger partial charge in [0.25, 0.3) is 0 Å². The quantitative estimate of drug-likeness (QED) is 0.381. The van der Waals surface area contributed by atoms with Gasteiger partial charge in [0.1, 0.15) is 5.41 Å². The van der Waals surface area contributed by atoms with Crippen molar-refractivity contribution in [3.05, 3.63) is 95.6 Å². The van der Waals surface area contributed by atoms with E-state index in [1.54, 1.807) is 0 Å². The highest BCUT2D eigenvalue weighted by atomic mass is 16.2. The molecule has 8 rings (SSSR count). The van der Waals surface area contributed by atoms with Crippen molar-refractivity contribution in [3.8, 4) is 11.1 Å². The molecule has 3 aromatic rings. The molecule has 5 aliphatic carbocycles. The molecule has 0 spiro atoms. The molecule has 0 heterocycles. The summed E-state index contributed by atoms with van der Waals surface area (Å²) in [5, 5.41) is 3.61. The van der Waals surface area contributed by atoms with Gasteiger partial charge in [0, 0.05) is 6.54 Å². The van der Waals surface area contributed by atoms with E-state index in [2.05, 4.69) is 84.2 Å². The topological polar surface area (TPSA) is 29.1 Å². The fraction of sp³-hybridized carbons (Fsp3) is 0.441. The van der Waals surface area contributed by atoms with Gasteiger partial charge in [0.15, 0.2) is 0 Å². The van der Waals surface area contributed by atoms with Crippen molar-refractivity contribution in [3.63, 3.8) is 0 Å². The summed E-state index contributed by atoms with van der Waals surface area (Å²) >= 11 is 0. The molecule has 1 amide bonds. The van der Waals surface area contributed by atoms with E-state index in [1.165, 1.54) is 66.3 Å². The standard InChI is InChI=1S/C34H37NO/c36-32(35-23-33-20-25-17-26(21-33)19-27(18-25)22-33)34(16-8-11-24-9-2-1-3-10-24)30-14-6-4-12-28(30)29-13-5-7-15-31(29)34/h1-7,9-10,12-15,25-27H,8,11,16-23H2,(H,35,36). The summed E-state index contributed by atoms with van der Waals surface area (Å²) in [4.78, 5) is 14.5. The van der Waals surface area contributed by atoms with Gasteiger partial charge in [-0.1, -0.05) is 78.9 Å². The Balaban J connectivity index is 1.21. The van der Waals surface area contributed by atoms with Gasteiger partial charge in [-0.15, -0.1) is 0 Å². The maximum atomic E-state index is 14.5. The fourth-order valence-corrected chi connectivity index (χ4v) is 9.08. The van der Waals surface area contributed by atoms with Crippen LogP contribution in [-0.2, 0) is 16.6 Å². The minimum absolute atomic E-state index is 0.226. The van der Waals surface area contributed by atoms with Crippen LogP contribution in [0.25, 0.3) is 11.1 Å². The van der Waals surface area contributed by atoms with E-state index in [9.17, 15) is 4.79 Å². The van der Waals surface area contributed by atoms with E-state index in [4.69, 9.17) is 0 Å². The Hall–Kier alpha value is -2.87. The van der Waals surface area contributed by atoms with Crippen LogP contribution in [0.15, 0.2) is 78.9 Å². The van der Waals surface area contributed by atoms with Crippen molar-refractivity contribution in [2.75, 3.05) is 6.54 Å². The van der Waals surface area contributed by atoms with Gasteiger partial charge in [0.2, 0.25) is 5.91 Å². The summed E-state index contributed by atoms with van der Waals surface area (Å²) in [6, 6.07) is 28.0. The maximum Gasteiger partial charge on any atom is 0.235 e. The predicted octanol–water partition coefficient (Wildman–Crippen LogP) is 7.31. The summed E-state index contributed by atoms with van der Waals surface area (Å²) in [7, 11) is 0. The summed E-state index contributed by atoms with van der Waals surface area (Å²) in [6.07, 6.45) is 11.1. The molecule has 4 bridgehead atoms. The number of benzene rings is 3. The lowest BCUT2D eigenvalue weighted by Crippen LogP contribution is -2.53. The minimum atomic E-state index is -0.607. The third-order valence-electron chi connectivity index (χ3n) is 10.1. The molecule has 5 aliphatic rings. The van der Waals surface area contributed by atoms with Crippen LogP contribution in [0.4, 0.5) is 0 Å². The first kappa shape index (κ1) is 22.3. The number of hydrogen-bond acceptors (Lipinski definition) is 1. The molecule has 4 fully saturated rings. The van der Waals surface area contributed by atoms with Crippen LogP contribution in [0.5, 0.6) is 0 Å². The predicted molar refractivity (Wildman–Crippen MR) is 146 cm³/mol. The van der Waals surface area contributed by atoms with E-state index in [0.29, 0.717) is 5.41 Å². The molecule has 0 atom stereocenters. The zero-order valence-electron chi connectivity index (χ0n) is 21.2. The molecule has 1 N–H and O–H groups in total. The zero-order chi connectivity index (χ0) is 24.2. The van der Waals surface area contributed by atoms with Gasteiger partial charge < -0.3 is 5.32 Å². The van der Waals surface area contributed by atoms with Crippen LogP contribution in [0, 0.1) is 23.2 Å². The van der Waals surface area contributed by atoms with Gasteiger partial charge in [0.05, 0.1) is 0 Å². The Morgan fingerprint density at radius 3 is 1.83 bits per heavy atom. The lowest BCUT2D eigenvalue weighted by atomic mass is 9.49. The number of aryl methyl sites for hydroxylation is 1. The number of rotatable bonds is 7. The normalized spacial score (nSPS) is 28.5. The Morgan fingerprint density at radius 2 is 1.25 bits per heavy atom. The van der Waals surface area contributed by atoms with E-state index >= 15 is 0 Å². The lowest BCUT2D eigenvalue weighted by molar-refractivity contribution is -0.127. The van der Waals surface area contributed by atoms with Crippen LogP contribution < -0.4 is 5.32 Å². The molecule has 184 valence electrons. The number of nitrogens with one attached hydrogen (secondary N) is 1. The van der Waals surface area contributed by atoms with Gasteiger partial charge in [-0.3, -0.25) is 4.79 Å². The number of fused-ring (bicyclic) bond motifs is 3. The lowest BCUT2D eigenvalue weighted by Gasteiger charge is -2.57. The van der Waals surface area contributed by atoms with Crippen molar-refractivity contribution in [1.29, 1.82) is 0 Å². The van der Waals surface area contributed by atoms with Gasteiger partial charge in [-0.25, -0.2) is 0 Å². The van der Waals surface area contributed by atoms with E-state index in [1.807, 2.05) is 0 Å². The molecule has 2 nitrogen and oxygen atoms in total. The average molecular weight is 476 g/mol. The minimum Gasteiger partial charge on any atom is -0.354 e. The Kier molecular flexibility index (Phi) is 5.34. The van der Waals surface area contributed by atoms with Crippen molar-refractivity contribution >= 4 is 5.91 Å². The van der Waals surface area contributed by atoms with E-state index < -0.39 is 5.41 Å². The number of carbonyl (C=O) groups is 1. The van der Waals surface area contributed by atoms with Crippen molar-refractivity contribution in [2.24, 2.45) is 23.2 Å². The monoisotopic (exact) mass is 475 g/mol. The van der Waals surface area contributed by atoms with Crippen molar-refractivity contribution < 1.29 is 4.79 Å². The van der Waals surface area contributed by atoms with Gasteiger partial charge in [-0.2, -0.15) is 0 Å². The Bertz CT molecular complexity index is 1190. The summed E-state index contributed by atoms with van der Waals surface area (Å²) in [5.41, 5.74) is 5.94. The molecule has 2 heteroatoms. The second-order valence-electron chi connectivity index (χ2n) is 12.4. The van der Waals surface area contributed by atoms with E-state index in [-0.39, 0.29) is 5.91 Å². The molecule has 0 radical (unpaired) electrons. The van der Waals surface area contributed by atoms with Crippen LogP contribution in [0.2, 0.25) is 0 Å². The highest BCUT2D eigenvalue weighted by Crippen LogP contribution is 2.60. The third kappa shape index (κ3) is 3.56. The Morgan fingerprint density at radius 1 is 0.722 bits per heavy atom. The number of carbonyl (C=O) groups excluding carboxylic acids is 1.